The smallest absolute Gasteiger partial charge is 0.277 e. The lowest BCUT2D eigenvalue weighted by Crippen LogP contribution is -2.41. The molecule has 2 heterocycles. The van der Waals surface area contributed by atoms with Gasteiger partial charge >= 0.3 is 12.1 Å². The summed E-state index contributed by atoms with van der Waals surface area (Å²) in [7, 11) is 0. The molecule has 2 aromatic carbocycles. The van der Waals surface area contributed by atoms with Crippen molar-refractivity contribution in [2.45, 2.75) is 25.7 Å². The summed E-state index contributed by atoms with van der Waals surface area (Å²) in [5, 5.41) is 3.42. The van der Waals surface area contributed by atoms with Crippen LogP contribution >= 0.6 is 0 Å². The summed E-state index contributed by atoms with van der Waals surface area (Å²) in [6.07, 6.45) is -3.23. The number of aryl methyl sites for hydroxylation is 1. The fraction of sp³-hybridized carbons (Fsp3) is 0.278. The van der Waals surface area contributed by atoms with Gasteiger partial charge in [0.2, 0.25) is 0 Å². The number of imidazole rings is 1. The second-order valence-corrected chi connectivity index (χ2v) is 6.03. The zero-order chi connectivity index (χ0) is 16.7. The number of hydrogen-bond donors (Lipinski definition) is 1. The number of alkyl halides is 3. The minimum Gasteiger partial charge on any atom is -0.277 e. The molecule has 124 valence electrons. The average Bonchev–Trinajstić information content (AvgIpc) is 2.89. The van der Waals surface area contributed by atoms with Crippen LogP contribution in [-0.2, 0) is 19.3 Å². The van der Waals surface area contributed by atoms with E-state index in [1.54, 1.807) is 12.1 Å². The molecule has 0 spiro atoms. The standard InChI is InChI=1S/C18H16F3N3/c19-18(20,21)14-8-6-13(7-9-14)12-24-16-5-2-1-4-15(16)23-11-3-10-22-17(23)24/h1-2,4-9H,3,10-12H2/p+1. The van der Waals surface area contributed by atoms with Crippen LogP contribution in [0.25, 0.3) is 11.0 Å². The number of rotatable bonds is 2. The number of anilines is 1. The SMILES string of the molecule is FC(F)(F)c1ccc(Cn2c3[n+](c4ccccc42)CCCN3)cc1. The zero-order valence-electron chi connectivity index (χ0n) is 13.0. The third-order valence-electron chi connectivity index (χ3n) is 4.44. The Kier molecular flexibility index (Phi) is 3.48. The van der Waals surface area contributed by atoms with Crippen LogP contribution in [0.2, 0.25) is 0 Å². The highest BCUT2D eigenvalue weighted by Crippen LogP contribution is 2.29. The first-order valence-electron chi connectivity index (χ1n) is 7.95. The molecule has 3 nitrogen and oxygen atoms in total. The maximum Gasteiger partial charge on any atom is 0.416 e. The average molecular weight is 332 g/mol. The van der Waals surface area contributed by atoms with Gasteiger partial charge in [0.25, 0.3) is 0 Å². The third-order valence-corrected chi connectivity index (χ3v) is 4.44. The number of para-hydroxylation sites is 2. The van der Waals surface area contributed by atoms with Crippen molar-refractivity contribution in [2.24, 2.45) is 0 Å². The first kappa shape index (κ1) is 15.1. The van der Waals surface area contributed by atoms with Crippen LogP contribution in [-0.4, -0.2) is 11.1 Å². The van der Waals surface area contributed by atoms with E-state index in [0.717, 1.165) is 54.2 Å². The van der Waals surface area contributed by atoms with E-state index in [1.807, 2.05) is 18.2 Å². The van der Waals surface area contributed by atoms with Gasteiger partial charge in [0.1, 0.15) is 11.0 Å². The molecule has 0 atom stereocenters. The molecule has 0 amide bonds. The van der Waals surface area contributed by atoms with Crippen LogP contribution in [0.15, 0.2) is 48.5 Å². The van der Waals surface area contributed by atoms with Gasteiger partial charge < -0.3 is 0 Å². The van der Waals surface area contributed by atoms with E-state index in [1.165, 1.54) is 0 Å². The predicted octanol–water partition coefficient (Wildman–Crippen LogP) is 3.81. The molecular formula is C18H17F3N3+. The van der Waals surface area contributed by atoms with Crippen LogP contribution < -0.4 is 9.88 Å². The quantitative estimate of drug-likeness (QED) is 0.708. The molecule has 0 aliphatic carbocycles. The van der Waals surface area contributed by atoms with Gasteiger partial charge in [-0.3, -0.25) is 5.32 Å². The second kappa shape index (κ2) is 5.54. The van der Waals surface area contributed by atoms with Crippen LogP contribution in [0, 0.1) is 0 Å². The molecule has 24 heavy (non-hydrogen) atoms. The Morgan fingerprint density at radius 2 is 1.79 bits per heavy atom. The minimum atomic E-state index is -4.30. The van der Waals surface area contributed by atoms with Gasteiger partial charge in [-0.15, -0.1) is 0 Å². The zero-order valence-corrected chi connectivity index (χ0v) is 13.0. The van der Waals surface area contributed by atoms with Crippen molar-refractivity contribution in [1.82, 2.24) is 4.57 Å². The maximum absolute atomic E-state index is 12.7. The van der Waals surface area contributed by atoms with E-state index in [4.69, 9.17) is 0 Å². The molecule has 0 unspecified atom stereocenters. The van der Waals surface area contributed by atoms with Crippen LogP contribution in [0.3, 0.4) is 0 Å². The second-order valence-electron chi connectivity index (χ2n) is 6.03. The summed E-state index contributed by atoms with van der Waals surface area (Å²) in [5.74, 6) is 1.02. The van der Waals surface area contributed by atoms with Gasteiger partial charge in [-0.25, -0.2) is 9.13 Å². The minimum absolute atomic E-state index is 0.536. The largest absolute Gasteiger partial charge is 0.416 e. The Balaban J connectivity index is 1.75. The summed E-state index contributed by atoms with van der Waals surface area (Å²) in [4.78, 5) is 0. The number of aromatic nitrogens is 2. The Bertz CT molecular complexity index is 879. The number of nitrogens with zero attached hydrogens (tertiary/aromatic N) is 2. The first-order chi connectivity index (χ1) is 11.5. The fourth-order valence-corrected chi connectivity index (χ4v) is 3.29. The molecule has 4 rings (SSSR count). The summed E-state index contributed by atoms with van der Waals surface area (Å²) in [5.41, 5.74) is 2.46. The van der Waals surface area contributed by atoms with Gasteiger partial charge in [0, 0.05) is 6.42 Å². The highest BCUT2D eigenvalue weighted by atomic mass is 19.4. The molecule has 0 saturated heterocycles. The molecule has 0 saturated carbocycles. The number of fused-ring (bicyclic) bond motifs is 3. The molecule has 0 radical (unpaired) electrons. The van der Waals surface area contributed by atoms with Gasteiger partial charge in [0.05, 0.1) is 25.2 Å². The topological polar surface area (TPSA) is 20.8 Å². The molecule has 1 aromatic heterocycles. The summed E-state index contributed by atoms with van der Waals surface area (Å²) < 4.78 is 42.5. The molecular weight excluding hydrogens is 315 g/mol. The Morgan fingerprint density at radius 3 is 2.54 bits per heavy atom. The Labute approximate surface area is 137 Å². The van der Waals surface area contributed by atoms with Crippen molar-refractivity contribution in [2.75, 3.05) is 11.9 Å². The van der Waals surface area contributed by atoms with Crippen LogP contribution in [0.4, 0.5) is 19.1 Å². The maximum atomic E-state index is 12.7. The lowest BCUT2D eigenvalue weighted by Gasteiger charge is -2.12. The van der Waals surface area contributed by atoms with E-state index in [2.05, 4.69) is 20.5 Å². The molecule has 1 N–H and O–H groups in total. The fourth-order valence-electron chi connectivity index (χ4n) is 3.29. The van der Waals surface area contributed by atoms with E-state index in [9.17, 15) is 13.2 Å². The summed E-state index contributed by atoms with van der Waals surface area (Å²) >= 11 is 0. The molecule has 0 fully saturated rings. The molecule has 6 heteroatoms. The molecule has 0 bridgehead atoms. The Morgan fingerprint density at radius 1 is 1.04 bits per heavy atom. The van der Waals surface area contributed by atoms with Crippen molar-refractivity contribution < 1.29 is 17.7 Å². The summed E-state index contributed by atoms with van der Waals surface area (Å²) in [6, 6.07) is 13.5. The molecule has 1 aliphatic heterocycles. The summed E-state index contributed by atoms with van der Waals surface area (Å²) in [6.45, 7) is 2.39. The van der Waals surface area contributed by atoms with Gasteiger partial charge in [-0.2, -0.15) is 13.2 Å². The van der Waals surface area contributed by atoms with Crippen LogP contribution in [0.1, 0.15) is 17.5 Å². The lowest BCUT2D eigenvalue weighted by molar-refractivity contribution is -0.661. The van der Waals surface area contributed by atoms with Crippen molar-refractivity contribution in [3.63, 3.8) is 0 Å². The molecule has 3 aromatic rings. The lowest BCUT2D eigenvalue weighted by atomic mass is 10.1. The van der Waals surface area contributed by atoms with Crippen molar-refractivity contribution in [3.05, 3.63) is 59.7 Å². The Hall–Kier alpha value is -2.50. The van der Waals surface area contributed by atoms with Gasteiger partial charge in [-0.1, -0.05) is 24.3 Å². The highest BCUT2D eigenvalue weighted by molar-refractivity contribution is 5.74. The van der Waals surface area contributed by atoms with E-state index >= 15 is 0 Å². The normalized spacial score (nSPS) is 14.5. The van der Waals surface area contributed by atoms with Gasteiger partial charge in [-0.05, 0) is 29.8 Å². The van der Waals surface area contributed by atoms with Crippen molar-refractivity contribution in [1.29, 1.82) is 0 Å². The number of halogens is 3. The number of benzene rings is 2. The number of hydrogen-bond acceptors (Lipinski definition) is 1. The van der Waals surface area contributed by atoms with E-state index < -0.39 is 11.7 Å². The van der Waals surface area contributed by atoms with Crippen LogP contribution in [0.5, 0.6) is 0 Å². The van der Waals surface area contributed by atoms with E-state index in [-0.39, 0.29) is 0 Å². The highest BCUT2D eigenvalue weighted by Gasteiger charge is 2.30. The third kappa shape index (κ3) is 2.52. The van der Waals surface area contributed by atoms with Gasteiger partial charge in [0.15, 0.2) is 0 Å². The van der Waals surface area contributed by atoms with Crippen molar-refractivity contribution >= 4 is 17.0 Å². The first-order valence-corrected chi connectivity index (χ1v) is 7.95. The monoisotopic (exact) mass is 332 g/mol. The van der Waals surface area contributed by atoms with Crippen molar-refractivity contribution in [3.8, 4) is 0 Å². The number of nitrogens with one attached hydrogen (secondary N) is 1. The molecule has 1 aliphatic rings. The van der Waals surface area contributed by atoms with E-state index in [0.29, 0.717) is 6.54 Å². The predicted molar refractivity (Wildman–Crippen MR) is 85.8 cm³/mol.